The summed E-state index contributed by atoms with van der Waals surface area (Å²) < 4.78 is 2.39. The molecule has 0 aliphatic heterocycles. The first kappa shape index (κ1) is 15.3. The number of aryl methyl sites for hydroxylation is 2. The molecule has 2 aromatic rings. The van der Waals surface area contributed by atoms with E-state index in [9.17, 15) is 0 Å². The van der Waals surface area contributed by atoms with Gasteiger partial charge in [0.25, 0.3) is 0 Å². The molecule has 0 N–H and O–H groups in total. The summed E-state index contributed by atoms with van der Waals surface area (Å²) in [6.45, 7) is 10.7. The van der Waals surface area contributed by atoms with Crippen LogP contribution >= 0.6 is 11.6 Å². The van der Waals surface area contributed by atoms with Crippen molar-refractivity contribution in [3.63, 3.8) is 0 Å². The molecule has 0 atom stereocenters. The number of nitrogens with zero attached hydrogens (tertiary/aromatic N) is 3. The molecular formula is C16H24ClN3. The van der Waals surface area contributed by atoms with Crippen molar-refractivity contribution in [2.75, 3.05) is 0 Å². The quantitative estimate of drug-likeness (QED) is 0.714. The van der Waals surface area contributed by atoms with Crippen molar-refractivity contribution >= 4 is 22.6 Å². The third-order valence-corrected chi connectivity index (χ3v) is 4.35. The van der Waals surface area contributed by atoms with Gasteiger partial charge in [-0.15, -0.1) is 0 Å². The van der Waals surface area contributed by atoms with Crippen molar-refractivity contribution in [1.29, 1.82) is 0 Å². The molecule has 0 unspecified atom stereocenters. The maximum atomic E-state index is 6.35. The monoisotopic (exact) mass is 293 g/mol. The van der Waals surface area contributed by atoms with Gasteiger partial charge in [0, 0.05) is 11.7 Å². The number of hydrogen-bond acceptors (Lipinski definition) is 2. The van der Waals surface area contributed by atoms with E-state index in [0.717, 1.165) is 16.9 Å². The fraction of sp³-hybridized carbons (Fsp3) is 0.625. The summed E-state index contributed by atoms with van der Waals surface area (Å²) >= 11 is 6.35. The highest BCUT2D eigenvalue weighted by molar-refractivity contribution is 6.34. The molecule has 0 amide bonds. The Morgan fingerprint density at radius 3 is 2.20 bits per heavy atom. The van der Waals surface area contributed by atoms with Crippen molar-refractivity contribution in [3.8, 4) is 0 Å². The highest BCUT2D eigenvalue weighted by Gasteiger charge is 2.21. The van der Waals surface area contributed by atoms with Gasteiger partial charge in [0.2, 0.25) is 0 Å². The van der Waals surface area contributed by atoms with Crippen molar-refractivity contribution in [3.05, 3.63) is 22.2 Å². The molecule has 2 aromatic heterocycles. The van der Waals surface area contributed by atoms with Gasteiger partial charge in [-0.1, -0.05) is 38.3 Å². The van der Waals surface area contributed by atoms with E-state index < -0.39 is 0 Å². The van der Waals surface area contributed by atoms with Gasteiger partial charge < -0.3 is 4.57 Å². The van der Waals surface area contributed by atoms with Crippen LogP contribution in [-0.2, 0) is 0 Å². The van der Waals surface area contributed by atoms with Crippen LogP contribution in [0.15, 0.2) is 0 Å². The zero-order valence-electron chi connectivity index (χ0n) is 13.1. The van der Waals surface area contributed by atoms with E-state index in [0.29, 0.717) is 11.2 Å². The minimum absolute atomic E-state index is 0.506. The predicted octanol–water partition coefficient (Wildman–Crippen LogP) is 5.15. The second-order valence-corrected chi connectivity index (χ2v) is 5.93. The molecule has 0 radical (unpaired) electrons. The van der Waals surface area contributed by atoms with E-state index in [1.54, 1.807) is 0 Å². The first-order chi connectivity index (χ1) is 9.51. The molecule has 4 heteroatoms. The van der Waals surface area contributed by atoms with Gasteiger partial charge in [0.05, 0.1) is 5.39 Å². The smallest absolute Gasteiger partial charge is 0.145 e. The summed E-state index contributed by atoms with van der Waals surface area (Å²) in [5, 5.41) is 1.60. The summed E-state index contributed by atoms with van der Waals surface area (Å²) in [7, 11) is 0. The molecule has 3 nitrogen and oxygen atoms in total. The van der Waals surface area contributed by atoms with Crippen LogP contribution in [-0.4, -0.2) is 14.5 Å². The molecular weight excluding hydrogens is 270 g/mol. The lowest BCUT2D eigenvalue weighted by Crippen LogP contribution is -2.11. The van der Waals surface area contributed by atoms with Crippen molar-refractivity contribution in [2.24, 2.45) is 0 Å². The van der Waals surface area contributed by atoms with E-state index in [2.05, 4.69) is 42.2 Å². The van der Waals surface area contributed by atoms with Crippen molar-refractivity contribution in [2.45, 2.75) is 66.3 Å². The molecule has 0 bridgehead atoms. The standard InChI is InChI=1S/C16H24ClN3/c1-6-8-13(9-7-2)20-11(4)10(3)14-15(17)18-12(5)19-16(14)20/h13H,6-9H2,1-5H3. The Morgan fingerprint density at radius 2 is 1.65 bits per heavy atom. The third-order valence-electron chi connectivity index (χ3n) is 4.07. The Balaban J connectivity index is 2.71. The summed E-state index contributed by atoms with van der Waals surface area (Å²) in [6.07, 6.45) is 4.72. The molecule has 0 spiro atoms. The van der Waals surface area contributed by atoms with E-state index in [1.807, 2.05) is 6.92 Å². The van der Waals surface area contributed by atoms with Gasteiger partial charge in [-0.2, -0.15) is 0 Å². The first-order valence-corrected chi connectivity index (χ1v) is 7.90. The van der Waals surface area contributed by atoms with E-state index in [1.165, 1.54) is 36.9 Å². The summed E-state index contributed by atoms with van der Waals surface area (Å²) in [5.41, 5.74) is 3.49. The normalized spacial score (nSPS) is 11.8. The lowest BCUT2D eigenvalue weighted by Gasteiger charge is -2.20. The molecule has 110 valence electrons. The average molecular weight is 294 g/mol. The minimum atomic E-state index is 0.506. The second kappa shape index (κ2) is 6.13. The van der Waals surface area contributed by atoms with Crippen LogP contribution in [0.25, 0.3) is 11.0 Å². The van der Waals surface area contributed by atoms with Crippen LogP contribution in [0, 0.1) is 20.8 Å². The molecule has 0 aliphatic carbocycles. The van der Waals surface area contributed by atoms with Crippen LogP contribution < -0.4 is 0 Å². The molecule has 0 saturated heterocycles. The van der Waals surface area contributed by atoms with E-state index >= 15 is 0 Å². The molecule has 0 saturated carbocycles. The molecule has 20 heavy (non-hydrogen) atoms. The molecule has 0 aliphatic rings. The van der Waals surface area contributed by atoms with Crippen LogP contribution in [0.3, 0.4) is 0 Å². The van der Waals surface area contributed by atoms with Gasteiger partial charge in [0.1, 0.15) is 16.6 Å². The number of halogens is 1. The molecule has 0 fully saturated rings. The lowest BCUT2D eigenvalue weighted by molar-refractivity contribution is 0.429. The molecule has 2 rings (SSSR count). The van der Waals surface area contributed by atoms with Gasteiger partial charge in [-0.05, 0) is 39.2 Å². The Bertz CT molecular complexity index is 610. The van der Waals surface area contributed by atoms with Gasteiger partial charge in [-0.3, -0.25) is 0 Å². The Labute approximate surface area is 126 Å². The van der Waals surface area contributed by atoms with Crippen molar-refractivity contribution in [1.82, 2.24) is 14.5 Å². The fourth-order valence-corrected chi connectivity index (χ4v) is 3.41. The fourth-order valence-electron chi connectivity index (χ4n) is 3.06. The minimum Gasteiger partial charge on any atom is -0.326 e. The van der Waals surface area contributed by atoms with Gasteiger partial charge >= 0.3 is 0 Å². The highest BCUT2D eigenvalue weighted by Crippen LogP contribution is 2.34. The zero-order valence-corrected chi connectivity index (χ0v) is 13.9. The second-order valence-electron chi connectivity index (χ2n) is 5.57. The number of fused-ring (bicyclic) bond motifs is 1. The Kier molecular flexibility index (Phi) is 4.69. The zero-order chi connectivity index (χ0) is 14.9. The van der Waals surface area contributed by atoms with Gasteiger partial charge in [0.15, 0.2) is 0 Å². The summed E-state index contributed by atoms with van der Waals surface area (Å²) in [5.74, 6) is 0.744. The Hall–Kier alpha value is -1.09. The van der Waals surface area contributed by atoms with Crippen LogP contribution in [0.1, 0.15) is 62.7 Å². The third kappa shape index (κ3) is 2.56. The maximum absolute atomic E-state index is 6.35. The SMILES string of the molecule is CCCC(CCC)n1c(C)c(C)c2c(Cl)nc(C)nc21. The number of aromatic nitrogens is 3. The molecule has 2 heterocycles. The Morgan fingerprint density at radius 1 is 1.05 bits per heavy atom. The average Bonchev–Trinajstić information content (AvgIpc) is 2.61. The van der Waals surface area contributed by atoms with Gasteiger partial charge in [-0.25, -0.2) is 9.97 Å². The first-order valence-electron chi connectivity index (χ1n) is 7.52. The van der Waals surface area contributed by atoms with Crippen LogP contribution in [0.4, 0.5) is 0 Å². The van der Waals surface area contributed by atoms with Crippen molar-refractivity contribution < 1.29 is 0 Å². The lowest BCUT2D eigenvalue weighted by atomic mass is 10.1. The summed E-state index contributed by atoms with van der Waals surface area (Å²) in [6, 6.07) is 0.506. The molecule has 0 aromatic carbocycles. The number of hydrogen-bond donors (Lipinski definition) is 0. The van der Waals surface area contributed by atoms with E-state index in [4.69, 9.17) is 11.6 Å². The van der Waals surface area contributed by atoms with Crippen LogP contribution in [0.2, 0.25) is 5.15 Å². The van der Waals surface area contributed by atoms with E-state index in [-0.39, 0.29) is 0 Å². The largest absolute Gasteiger partial charge is 0.326 e. The highest BCUT2D eigenvalue weighted by atomic mass is 35.5. The summed E-state index contributed by atoms with van der Waals surface area (Å²) in [4.78, 5) is 8.98. The van der Waals surface area contributed by atoms with Crippen LogP contribution in [0.5, 0.6) is 0 Å². The maximum Gasteiger partial charge on any atom is 0.145 e. The predicted molar refractivity (Wildman–Crippen MR) is 85.6 cm³/mol. The topological polar surface area (TPSA) is 30.7 Å². The number of rotatable bonds is 5.